The normalized spacial score (nSPS) is 21.9. The number of carbonyl (C=O) groups is 1. The van der Waals surface area contributed by atoms with Gasteiger partial charge in [0.15, 0.2) is 5.70 Å². The van der Waals surface area contributed by atoms with Crippen LogP contribution < -0.4 is 0 Å². The summed E-state index contributed by atoms with van der Waals surface area (Å²) in [6.07, 6.45) is 7.62. The van der Waals surface area contributed by atoms with Crippen LogP contribution in [0.4, 0.5) is 0 Å². The van der Waals surface area contributed by atoms with Gasteiger partial charge in [0.05, 0.1) is 0 Å². The lowest BCUT2D eigenvalue weighted by Gasteiger charge is -2.19. The lowest BCUT2D eigenvalue weighted by molar-refractivity contribution is -0.130. The summed E-state index contributed by atoms with van der Waals surface area (Å²) in [6.45, 7) is 0. The average molecular weight is 334 g/mol. The maximum atomic E-state index is 11.9. The maximum Gasteiger partial charge on any atom is 0.363 e. The number of aliphatic imine (C=N–C) groups is 1. The monoisotopic (exact) mass is 333 g/mol. The van der Waals surface area contributed by atoms with Crippen LogP contribution in [0, 0.1) is 5.92 Å². The Bertz CT molecular complexity index is 569. The number of carbonyl (C=O) groups excluding carboxylic acids is 1. The zero-order valence-electron chi connectivity index (χ0n) is 11.1. The van der Waals surface area contributed by atoms with E-state index in [4.69, 9.17) is 4.74 Å². The van der Waals surface area contributed by atoms with Crippen molar-refractivity contribution in [2.45, 2.75) is 32.1 Å². The van der Waals surface area contributed by atoms with Gasteiger partial charge in [-0.15, -0.1) is 0 Å². The van der Waals surface area contributed by atoms with E-state index >= 15 is 0 Å². The largest absolute Gasteiger partial charge is 0.406 e. The number of cyclic esters (lactones) is 1. The van der Waals surface area contributed by atoms with Crippen molar-refractivity contribution in [3.63, 3.8) is 0 Å². The van der Waals surface area contributed by atoms with Crippen molar-refractivity contribution in [2.24, 2.45) is 10.9 Å². The van der Waals surface area contributed by atoms with Gasteiger partial charge >= 0.3 is 5.97 Å². The molecule has 0 atom stereocenters. The highest BCUT2D eigenvalue weighted by Crippen LogP contribution is 2.29. The first-order valence-electron chi connectivity index (χ1n) is 7.00. The SMILES string of the molecule is O=C1OC(C2CCCCC2)=N/C1=C\c1ccc(Br)cc1. The molecule has 0 amide bonds. The Morgan fingerprint density at radius 1 is 1.15 bits per heavy atom. The predicted molar refractivity (Wildman–Crippen MR) is 82.2 cm³/mol. The van der Waals surface area contributed by atoms with Crippen LogP contribution in [0.25, 0.3) is 6.08 Å². The van der Waals surface area contributed by atoms with Crippen molar-refractivity contribution >= 4 is 33.9 Å². The topological polar surface area (TPSA) is 38.7 Å². The molecule has 1 aliphatic heterocycles. The molecule has 0 bridgehead atoms. The molecule has 1 aromatic rings. The summed E-state index contributed by atoms with van der Waals surface area (Å²) in [5.41, 5.74) is 1.36. The molecule has 1 saturated carbocycles. The molecule has 0 radical (unpaired) electrons. The number of esters is 1. The van der Waals surface area contributed by atoms with Gasteiger partial charge in [-0.1, -0.05) is 47.3 Å². The number of halogens is 1. The third kappa shape index (κ3) is 3.01. The Hall–Kier alpha value is -1.42. The van der Waals surface area contributed by atoms with Crippen LogP contribution in [0.15, 0.2) is 39.4 Å². The second-order valence-corrected chi connectivity index (χ2v) is 6.17. The minimum Gasteiger partial charge on any atom is -0.406 e. The summed E-state index contributed by atoms with van der Waals surface area (Å²) in [6, 6.07) is 7.77. The molecule has 3 nitrogen and oxygen atoms in total. The van der Waals surface area contributed by atoms with E-state index in [1.807, 2.05) is 24.3 Å². The van der Waals surface area contributed by atoms with Gasteiger partial charge < -0.3 is 4.74 Å². The number of benzene rings is 1. The second kappa shape index (κ2) is 5.92. The van der Waals surface area contributed by atoms with Crippen molar-refractivity contribution in [3.05, 3.63) is 40.0 Å². The van der Waals surface area contributed by atoms with Crippen molar-refractivity contribution < 1.29 is 9.53 Å². The van der Waals surface area contributed by atoms with E-state index in [1.165, 1.54) is 19.3 Å². The predicted octanol–water partition coefficient (Wildman–Crippen LogP) is 4.33. The summed E-state index contributed by atoms with van der Waals surface area (Å²) in [5, 5.41) is 0. The maximum absolute atomic E-state index is 11.9. The van der Waals surface area contributed by atoms with Crippen LogP contribution in [0.2, 0.25) is 0 Å². The van der Waals surface area contributed by atoms with Crippen LogP contribution in [-0.2, 0) is 9.53 Å². The Kier molecular flexibility index (Phi) is 4.01. The Morgan fingerprint density at radius 3 is 2.55 bits per heavy atom. The quantitative estimate of drug-likeness (QED) is 0.597. The van der Waals surface area contributed by atoms with Crippen molar-refractivity contribution in [3.8, 4) is 0 Å². The fourth-order valence-corrected chi connectivity index (χ4v) is 2.93. The molecule has 0 N–H and O–H groups in total. The first-order valence-corrected chi connectivity index (χ1v) is 7.80. The Balaban J connectivity index is 1.80. The molecule has 20 heavy (non-hydrogen) atoms. The lowest BCUT2D eigenvalue weighted by atomic mass is 9.89. The van der Waals surface area contributed by atoms with E-state index in [9.17, 15) is 4.79 Å². The zero-order valence-corrected chi connectivity index (χ0v) is 12.7. The Morgan fingerprint density at radius 2 is 1.85 bits per heavy atom. The molecule has 0 spiro atoms. The number of hydrogen-bond acceptors (Lipinski definition) is 3. The molecule has 2 aliphatic rings. The van der Waals surface area contributed by atoms with E-state index in [2.05, 4.69) is 20.9 Å². The molecule has 1 fully saturated rings. The van der Waals surface area contributed by atoms with E-state index in [-0.39, 0.29) is 5.97 Å². The summed E-state index contributed by atoms with van der Waals surface area (Å²) >= 11 is 3.39. The van der Waals surface area contributed by atoms with Crippen LogP contribution in [0.1, 0.15) is 37.7 Å². The number of rotatable bonds is 2. The Labute approximate surface area is 126 Å². The van der Waals surface area contributed by atoms with Gasteiger partial charge in [-0.3, -0.25) is 0 Å². The molecule has 104 valence electrons. The standard InChI is InChI=1S/C16H16BrNO2/c17-13-8-6-11(7-9-13)10-14-16(19)20-15(18-14)12-4-2-1-3-5-12/h6-10,12H,1-5H2/b14-10-. The smallest absolute Gasteiger partial charge is 0.363 e. The van der Waals surface area contributed by atoms with Gasteiger partial charge in [0, 0.05) is 10.4 Å². The van der Waals surface area contributed by atoms with Gasteiger partial charge in [0.2, 0.25) is 5.90 Å². The number of nitrogens with zero attached hydrogens (tertiary/aromatic N) is 1. The molecular weight excluding hydrogens is 318 g/mol. The molecule has 1 aromatic carbocycles. The van der Waals surface area contributed by atoms with Crippen LogP contribution in [-0.4, -0.2) is 11.9 Å². The fraction of sp³-hybridized carbons (Fsp3) is 0.375. The summed E-state index contributed by atoms with van der Waals surface area (Å²) in [5.74, 6) is 0.620. The van der Waals surface area contributed by atoms with Crippen LogP contribution in [0.3, 0.4) is 0 Å². The molecule has 4 heteroatoms. The fourth-order valence-electron chi connectivity index (χ4n) is 2.67. The zero-order chi connectivity index (χ0) is 13.9. The molecular formula is C16H16BrNO2. The number of hydrogen-bond donors (Lipinski definition) is 0. The molecule has 3 rings (SSSR count). The average Bonchev–Trinajstić information content (AvgIpc) is 2.84. The van der Waals surface area contributed by atoms with Gasteiger partial charge in [0.1, 0.15) is 0 Å². The van der Waals surface area contributed by atoms with Gasteiger partial charge in [-0.2, -0.15) is 0 Å². The number of ether oxygens (including phenoxy) is 1. The summed E-state index contributed by atoms with van der Waals surface area (Å²) < 4.78 is 6.36. The minimum atomic E-state index is -0.325. The third-order valence-corrected chi connectivity index (χ3v) is 4.29. The van der Waals surface area contributed by atoms with Crippen molar-refractivity contribution in [2.75, 3.05) is 0 Å². The highest BCUT2D eigenvalue weighted by atomic mass is 79.9. The highest BCUT2D eigenvalue weighted by molar-refractivity contribution is 9.10. The van der Waals surface area contributed by atoms with Crippen molar-refractivity contribution in [1.82, 2.24) is 0 Å². The summed E-state index contributed by atoms with van der Waals surface area (Å²) in [4.78, 5) is 16.3. The first kappa shape index (κ1) is 13.6. The van der Waals surface area contributed by atoms with Crippen LogP contribution >= 0.6 is 15.9 Å². The lowest BCUT2D eigenvalue weighted by Crippen LogP contribution is -2.19. The van der Waals surface area contributed by atoms with Gasteiger partial charge in [-0.25, -0.2) is 9.79 Å². The second-order valence-electron chi connectivity index (χ2n) is 5.26. The van der Waals surface area contributed by atoms with Gasteiger partial charge in [0.25, 0.3) is 0 Å². The van der Waals surface area contributed by atoms with Gasteiger partial charge in [-0.05, 0) is 36.6 Å². The van der Waals surface area contributed by atoms with E-state index in [1.54, 1.807) is 6.08 Å². The minimum absolute atomic E-state index is 0.323. The first-order chi connectivity index (χ1) is 9.72. The molecule has 0 saturated heterocycles. The van der Waals surface area contributed by atoms with E-state index in [0.29, 0.717) is 17.5 Å². The highest BCUT2D eigenvalue weighted by Gasteiger charge is 2.29. The van der Waals surface area contributed by atoms with E-state index < -0.39 is 0 Å². The molecule has 0 unspecified atom stereocenters. The summed E-state index contributed by atoms with van der Waals surface area (Å²) in [7, 11) is 0. The molecule has 1 aliphatic carbocycles. The van der Waals surface area contributed by atoms with E-state index in [0.717, 1.165) is 22.9 Å². The van der Waals surface area contributed by atoms with Crippen LogP contribution in [0.5, 0.6) is 0 Å². The molecule has 0 aromatic heterocycles. The molecule has 1 heterocycles. The van der Waals surface area contributed by atoms with Crippen molar-refractivity contribution in [1.29, 1.82) is 0 Å². The third-order valence-electron chi connectivity index (χ3n) is 3.76.